The first-order valence-electron chi connectivity index (χ1n) is 9.70. The van der Waals surface area contributed by atoms with Crippen molar-refractivity contribution in [2.24, 2.45) is 0 Å². The number of carbonyl (C=O) groups excluding carboxylic acids is 1. The zero-order valence-corrected chi connectivity index (χ0v) is 16.8. The molecule has 3 heterocycles. The lowest BCUT2D eigenvalue weighted by Gasteiger charge is -2.34. The Kier molecular flexibility index (Phi) is 5.27. The molecule has 1 aromatic carbocycles. The number of nitrogens with zero attached hydrogens (tertiary/aromatic N) is 3. The minimum atomic E-state index is -0.313. The molecule has 29 heavy (non-hydrogen) atoms. The minimum Gasteiger partial charge on any atom is -0.335 e. The van der Waals surface area contributed by atoms with Crippen molar-refractivity contribution >= 4 is 29.4 Å². The number of carbonyl (C=O) groups is 1. The van der Waals surface area contributed by atoms with Crippen molar-refractivity contribution < 1.29 is 13.7 Å². The van der Waals surface area contributed by atoms with Gasteiger partial charge in [0.05, 0.1) is 22.3 Å². The van der Waals surface area contributed by atoms with E-state index in [0.717, 1.165) is 42.6 Å². The molecular weight excluding hydrogens is 395 g/mol. The molecule has 2 aliphatic rings. The number of hydrogen-bond acceptors (Lipinski definition) is 5. The van der Waals surface area contributed by atoms with Crippen LogP contribution in [0, 0.1) is 5.82 Å². The second-order valence-corrected chi connectivity index (χ2v) is 7.64. The maximum atomic E-state index is 13.5. The largest absolute Gasteiger partial charge is 0.335 e. The van der Waals surface area contributed by atoms with Crippen LogP contribution in [0.15, 0.2) is 34.9 Å². The molecule has 3 aromatic rings. The fraction of sp³-hybridized carbons (Fsp3) is 0.381. The highest BCUT2D eigenvalue weighted by Gasteiger charge is 2.34. The van der Waals surface area contributed by atoms with E-state index < -0.39 is 0 Å². The van der Waals surface area contributed by atoms with Gasteiger partial charge in [-0.15, -0.1) is 12.4 Å². The Morgan fingerprint density at radius 2 is 2.03 bits per heavy atom. The molecule has 6 nitrogen and oxygen atoms in total. The summed E-state index contributed by atoms with van der Waals surface area (Å²) in [5, 5.41) is 8.27. The Balaban J connectivity index is 0.00000205. The predicted octanol–water partition coefficient (Wildman–Crippen LogP) is 3.76. The number of aromatic nitrogens is 2. The van der Waals surface area contributed by atoms with Gasteiger partial charge in [-0.1, -0.05) is 5.16 Å². The number of amides is 1. The lowest BCUT2D eigenvalue weighted by molar-refractivity contribution is 0.0657. The van der Waals surface area contributed by atoms with Gasteiger partial charge in [0, 0.05) is 37.2 Å². The van der Waals surface area contributed by atoms with E-state index in [4.69, 9.17) is 4.52 Å². The van der Waals surface area contributed by atoms with Gasteiger partial charge in [-0.2, -0.15) is 0 Å². The van der Waals surface area contributed by atoms with Crippen LogP contribution in [-0.4, -0.2) is 46.6 Å². The topological polar surface area (TPSA) is 71.3 Å². The third-order valence-electron chi connectivity index (χ3n) is 5.57. The van der Waals surface area contributed by atoms with Gasteiger partial charge in [0.2, 0.25) is 0 Å². The number of nitrogens with one attached hydrogen (secondary N) is 1. The van der Waals surface area contributed by atoms with Gasteiger partial charge < -0.3 is 14.7 Å². The molecule has 1 aliphatic carbocycles. The van der Waals surface area contributed by atoms with Crippen LogP contribution in [0.5, 0.6) is 0 Å². The molecule has 0 unspecified atom stereocenters. The third-order valence-corrected chi connectivity index (χ3v) is 5.57. The lowest BCUT2D eigenvalue weighted by atomic mass is 10.0. The van der Waals surface area contributed by atoms with Crippen LogP contribution in [-0.2, 0) is 0 Å². The van der Waals surface area contributed by atoms with Crippen molar-refractivity contribution in [2.75, 3.05) is 19.6 Å². The van der Waals surface area contributed by atoms with Crippen LogP contribution in [0.1, 0.15) is 41.7 Å². The molecule has 2 aromatic heterocycles. The number of benzene rings is 1. The van der Waals surface area contributed by atoms with Crippen molar-refractivity contribution in [1.82, 2.24) is 20.4 Å². The standard InChI is InChI=1S/C21H21FN4O2.ClH/c1-12-11-23-8-9-26(12)21(27)16-10-17(13-4-6-15(22)7-5-13)24-20-18(16)19(25-28-20)14-2-3-14;/h4-7,10,12,14,23H,2-3,8-9,11H2,1H3;1H/t12-;/m1./s1. The summed E-state index contributed by atoms with van der Waals surface area (Å²) in [6.07, 6.45) is 2.11. The molecule has 0 bridgehead atoms. The first kappa shape index (κ1) is 19.8. The minimum absolute atomic E-state index is 0. The lowest BCUT2D eigenvalue weighted by Crippen LogP contribution is -2.52. The van der Waals surface area contributed by atoms with Crippen molar-refractivity contribution in [3.8, 4) is 11.3 Å². The molecule has 8 heteroatoms. The van der Waals surface area contributed by atoms with Crippen molar-refractivity contribution in [1.29, 1.82) is 0 Å². The van der Waals surface area contributed by atoms with Crippen molar-refractivity contribution in [3.05, 3.63) is 47.4 Å². The molecule has 1 saturated heterocycles. The Hall–Kier alpha value is -2.51. The first-order valence-corrected chi connectivity index (χ1v) is 9.70. The zero-order valence-electron chi connectivity index (χ0n) is 16.0. The van der Waals surface area contributed by atoms with Gasteiger partial charge in [-0.25, -0.2) is 9.37 Å². The zero-order chi connectivity index (χ0) is 19.3. The Morgan fingerprint density at radius 3 is 2.72 bits per heavy atom. The number of piperazine rings is 1. The Bertz CT molecular complexity index is 1050. The summed E-state index contributed by atoms with van der Waals surface area (Å²) in [6.45, 7) is 4.23. The van der Waals surface area contributed by atoms with Gasteiger partial charge in [0.25, 0.3) is 11.6 Å². The van der Waals surface area contributed by atoms with E-state index in [1.165, 1.54) is 12.1 Å². The number of pyridine rings is 1. The van der Waals surface area contributed by atoms with Crippen molar-refractivity contribution in [2.45, 2.75) is 31.7 Å². The molecule has 2 fully saturated rings. The predicted molar refractivity (Wildman–Crippen MR) is 110 cm³/mol. The number of hydrogen-bond donors (Lipinski definition) is 1. The van der Waals surface area contributed by atoms with Gasteiger partial charge in [0.1, 0.15) is 5.82 Å². The molecule has 1 atom stereocenters. The average Bonchev–Trinajstić information content (AvgIpc) is 3.46. The Labute approximate surface area is 173 Å². The second kappa shape index (κ2) is 7.72. The molecule has 1 aliphatic heterocycles. The Morgan fingerprint density at radius 1 is 1.28 bits per heavy atom. The van der Waals surface area contributed by atoms with Crippen molar-refractivity contribution in [3.63, 3.8) is 0 Å². The van der Waals surface area contributed by atoms with Gasteiger partial charge in [-0.3, -0.25) is 4.79 Å². The number of fused-ring (bicyclic) bond motifs is 1. The van der Waals surface area contributed by atoms with E-state index in [1.807, 2.05) is 11.8 Å². The summed E-state index contributed by atoms with van der Waals surface area (Å²) >= 11 is 0. The second-order valence-electron chi connectivity index (χ2n) is 7.64. The summed E-state index contributed by atoms with van der Waals surface area (Å²) in [6, 6.07) is 7.99. The normalized spacial score (nSPS) is 19.2. The average molecular weight is 417 g/mol. The summed E-state index contributed by atoms with van der Waals surface area (Å²) < 4.78 is 18.9. The molecule has 5 rings (SSSR count). The van der Waals surface area contributed by atoms with Gasteiger partial charge in [-0.05, 0) is 50.1 Å². The van der Waals surface area contributed by atoms with E-state index >= 15 is 0 Å². The fourth-order valence-electron chi connectivity index (χ4n) is 3.84. The van der Waals surface area contributed by atoms with E-state index in [-0.39, 0.29) is 30.2 Å². The van der Waals surface area contributed by atoms with E-state index in [1.54, 1.807) is 18.2 Å². The van der Waals surface area contributed by atoms with Crippen LogP contribution in [0.4, 0.5) is 4.39 Å². The van der Waals surface area contributed by atoms with E-state index in [9.17, 15) is 9.18 Å². The summed E-state index contributed by atoms with van der Waals surface area (Å²) in [4.78, 5) is 20.0. The smallest absolute Gasteiger partial charge is 0.259 e. The van der Waals surface area contributed by atoms with Gasteiger partial charge >= 0.3 is 0 Å². The van der Waals surface area contributed by atoms with Crippen LogP contribution < -0.4 is 5.32 Å². The number of halogens is 2. The molecule has 1 N–H and O–H groups in total. The quantitative estimate of drug-likeness (QED) is 0.703. The van der Waals surface area contributed by atoms with E-state index in [0.29, 0.717) is 29.4 Å². The summed E-state index contributed by atoms with van der Waals surface area (Å²) in [7, 11) is 0. The molecule has 0 radical (unpaired) electrons. The SMILES string of the molecule is C[C@@H]1CNCCN1C(=O)c1cc(-c2ccc(F)cc2)nc2onc(C3CC3)c12.Cl. The molecule has 1 saturated carbocycles. The molecule has 152 valence electrons. The van der Waals surface area contributed by atoms with Crippen LogP contribution in [0.25, 0.3) is 22.4 Å². The summed E-state index contributed by atoms with van der Waals surface area (Å²) in [5.41, 5.74) is 3.09. The monoisotopic (exact) mass is 416 g/mol. The fourth-order valence-corrected chi connectivity index (χ4v) is 3.84. The van der Waals surface area contributed by atoms with Crippen LogP contribution in [0.3, 0.4) is 0 Å². The van der Waals surface area contributed by atoms with Gasteiger partial charge in [0.15, 0.2) is 0 Å². The molecule has 0 spiro atoms. The van der Waals surface area contributed by atoms with Crippen LogP contribution >= 0.6 is 12.4 Å². The molecular formula is C21H22ClFN4O2. The van der Waals surface area contributed by atoms with Crippen LogP contribution in [0.2, 0.25) is 0 Å². The third kappa shape index (κ3) is 3.60. The first-order chi connectivity index (χ1) is 13.6. The maximum absolute atomic E-state index is 13.5. The number of rotatable bonds is 3. The highest BCUT2D eigenvalue weighted by atomic mass is 35.5. The highest BCUT2D eigenvalue weighted by molar-refractivity contribution is 6.07. The maximum Gasteiger partial charge on any atom is 0.259 e. The van der Waals surface area contributed by atoms with E-state index in [2.05, 4.69) is 15.5 Å². The highest BCUT2D eigenvalue weighted by Crippen LogP contribution is 2.43. The molecule has 1 amide bonds. The summed E-state index contributed by atoms with van der Waals surface area (Å²) in [5.74, 6) is -0.00645.